The molecular weight excluding hydrogens is 166 g/mol. The van der Waals surface area contributed by atoms with Gasteiger partial charge in [-0.05, 0) is 24.8 Å². The predicted molar refractivity (Wildman–Crippen MR) is 57.5 cm³/mol. The molecule has 0 saturated carbocycles. The molecule has 1 N–H and O–H groups in total. The van der Waals surface area contributed by atoms with Gasteiger partial charge in [-0.2, -0.15) is 0 Å². The van der Waals surface area contributed by atoms with E-state index in [1.165, 1.54) is 19.4 Å². The number of rotatable bonds is 1. The fourth-order valence-electron chi connectivity index (χ4n) is 1.52. The van der Waals surface area contributed by atoms with Gasteiger partial charge < -0.3 is 5.32 Å². The normalized spacial score (nSPS) is 32.0. The van der Waals surface area contributed by atoms with Crippen molar-refractivity contribution < 1.29 is 0 Å². The summed E-state index contributed by atoms with van der Waals surface area (Å²) >= 11 is 2.10. The Morgan fingerprint density at radius 3 is 2.58 bits per heavy atom. The van der Waals surface area contributed by atoms with Crippen LogP contribution in [-0.2, 0) is 0 Å². The van der Waals surface area contributed by atoms with Crippen LogP contribution in [0.3, 0.4) is 0 Å². The summed E-state index contributed by atoms with van der Waals surface area (Å²) in [5, 5.41) is 5.10. The van der Waals surface area contributed by atoms with E-state index >= 15 is 0 Å². The van der Waals surface area contributed by atoms with E-state index in [2.05, 4.69) is 44.8 Å². The number of thioether (sulfide) groups is 1. The van der Waals surface area contributed by atoms with Crippen LogP contribution in [0.2, 0.25) is 0 Å². The quantitative estimate of drug-likeness (QED) is 0.677. The van der Waals surface area contributed by atoms with Gasteiger partial charge in [-0.25, -0.2) is 0 Å². The Labute approximate surface area is 80.7 Å². The van der Waals surface area contributed by atoms with Gasteiger partial charge in [0, 0.05) is 5.25 Å². The van der Waals surface area contributed by atoms with E-state index in [9.17, 15) is 0 Å². The van der Waals surface area contributed by atoms with Crippen molar-refractivity contribution in [2.45, 2.75) is 51.2 Å². The van der Waals surface area contributed by atoms with E-state index in [1.807, 2.05) is 0 Å². The minimum absolute atomic E-state index is 0.460. The van der Waals surface area contributed by atoms with Gasteiger partial charge in [-0.3, -0.25) is 0 Å². The van der Waals surface area contributed by atoms with Gasteiger partial charge in [0.05, 0.1) is 5.37 Å². The average molecular weight is 187 g/mol. The van der Waals surface area contributed by atoms with Gasteiger partial charge in [-0.15, -0.1) is 11.8 Å². The SMILES string of the molecule is CC1CCNC(CC(C)(C)C)S1. The van der Waals surface area contributed by atoms with E-state index in [-0.39, 0.29) is 0 Å². The van der Waals surface area contributed by atoms with E-state index in [1.54, 1.807) is 0 Å². The van der Waals surface area contributed by atoms with Crippen molar-refractivity contribution in [3.63, 3.8) is 0 Å². The van der Waals surface area contributed by atoms with Crippen LogP contribution in [0.25, 0.3) is 0 Å². The molecular formula is C10H21NS. The van der Waals surface area contributed by atoms with Crippen molar-refractivity contribution >= 4 is 11.8 Å². The summed E-state index contributed by atoms with van der Waals surface area (Å²) in [6.45, 7) is 10.5. The van der Waals surface area contributed by atoms with Crippen LogP contribution in [0.5, 0.6) is 0 Å². The van der Waals surface area contributed by atoms with Crippen molar-refractivity contribution in [2.75, 3.05) is 6.54 Å². The molecule has 1 aliphatic rings. The Bertz CT molecular complexity index is 139. The highest BCUT2D eigenvalue weighted by atomic mass is 32.2. The van der Waals surface area contributed by atoms with Gasteiger partial charge in [0.15, 0.2) is 0 Å². The third-order valence-electron chi connectivity index (χ3n) is 2.12. The molecule has 1 aliphatic heterocycles. The minimum Gasteiger partial charge on any atom is -0.305 e. The first-order chi connectivity index (χ1) is 5.47. The highest BCUT2D eigenvalue weighted by molar-refractivity contribution is 8.00. The Morgan fingerprint density at radius 2 is 2.08 bits per heavy atom. The zero-order valence-corrected chi connectivity index (χ0v) is 9.50. The molecule has 12 heavy (non-hydrogen) atoms. The van der Waals surface area contributed by atoms with Crippen molar-refractivity contribution in [3.05, 3.63) is 0 Å². The predicted octanol–water partition coefficient (Wildman–Crippen LogP) is 2.86. The Balaban J connectivity index is 2.32. The van der Waals surface area contributed by atoms with Crippen molar-refractivity contribution in [3.8, 4) is 0 Å². The van der Waals surface area contributed by atoms with Crippen LogP contribution >= 0.6 is 11.8 Å². The zero-order chi connectivity index (χ0) is 9.19. The number of nitrogens with one attached hydrogen (secondary N) is 1. The first-order valence-electron chi connectivity index (χ1n) is 4.86. The second kappa shape index (κ2) is 4.01. The first kappa shape index (κ1) is 10.4. The summed E-state index contributed by atoms with van der Waals surface area (Å²) in [4.78, 5) is 0. The smallest absolute Gasteiger partial charge is 0.0539 e. The lowest BCUT2D eigenvalue weighted by molar-refractivity contribution is 0.348. The summed E-state index contributed by atoms with van der Waals surface area (Å²) < 4.78 is 0. The molecule has 0 aliphatic carbocycles. The molecule has 2 heteroatoms. The molecule has 0 aromatic heterocycles. The molecule has 0 amide bonds. The van der Waals surface area contributed by atoms with E-state index < -0.39 is 0 Å². The molecule has 1 heterocycles. The van der Waals surface area contributed by atoms with Gasteiger partial charge >= 0.3 is 0 Å². The molecule has 1 nitrogen and oxygen atoms in total. The van der Waals surface area contributed by atoms with E-state index in [0.717, 1.165) is 5.25 Å². The minimum atomic E-state index is 0.460. The maximum atomic E-state index is 3.57. The lowest BCUT2D eigenvalue weighted by Crippen LogP contribution is -2.37. The second-order valence-corrected chi connectivity index (χ2v) is 6.59. The number of hydrogen-bond acceptors (Lipinski definition) is 2. The molecule has 72 valence electrons. The van der Waals surface area contributed by atoms with Crippen LogP contribution in [0, 0.1) is 5.41 Å². The first-order valence-corrected chi connectivity index (χ1v) is 5.80. The highest BCUT2D eigenvalue weighted by Crippen LogP contribution is 2.31. The van der Waals surface area contributed by atoms with Gasteiger partial charge in [0.2, 0.25) is 0 Å². The Kier molecular flexibility index (Phi) is 3.47. The lowest BCUT2D eigenvalue weighted by Gasteiger charge is -2.32. The maximum Gasteiger partial charge on any atom is 0.0539 e. The standard InChI is InChI=1S/C10H21NS/c1-8-5-6-11-9(12-8)7-10(2,3)4/h8-9,11H,5-7H2,1-4H3. The summed E-state index contributed by atoms with van der Waals surface area (Å²) in [5.41, 5.74) is 0.460. The van der Waals surface area contributed by atoms with Gasteiger partial charge in [-0.1, -0.05) is 27.7 Å². The van der Waals surface area contributed by atoms with Crippen LogP contribution in [0.1, 0.15) is 40.5 Å². The van der Waals surface area contributed by atoms with Gasteiger partial charge in [0.25, 0.3) is 0 Å². The molecule has 0 bridgehead atoms. The molecule has 0 aromatic rings. The number of hydrogen-bond donors (Lipinski definition) is 1. The molecule has 0 aromatic carbocycles. The highest BCUT2D eigenvalue weighted by Gasteiger charge is 2.23. The summed E-state index contributed by atoms with van der Waals surface area (Å²) in [6.07, 6.45) is 2.60. The van der Waals surface area contributed by atoms with Crippen LogP contribution < -0.4 is 5.32 Å². The largest absolute Gasteiger partial charge is 0.305 e. The molecule has 0 radical (unpaired) electrons. The molecule has 1 fully saturated rings. The summed E-state index contributed by atoms with van der Waals surface area (Å²) in [7, 11) is 0. The zero-order valence-electron chi connectivity index (χ0n) is 8.68. The molecule has 1 rings (SSSR count). The average Bonchev–Trinajstić information content (AvgIpc) is 1.82. The summed E-state index contributed by atoms with van der Waals surface area (Å²) in [5.74, 6) is 0. The van der Waals surface area contributed by atoms with Gasteiger partial charge in [0.1, 0.15) is 0 Å². The molecule has 2 unspecified atom stereocenters. The van der Waals surface area contributed by atoms with Crippen molar-refractivity contribution in [1.29, 1.82) is 0 Å². The van der Waals surface area contributed by atoms with Crippen LogP contribution in [0.4, 0.5) is 0 Å². The molecule has 0 spiro atoms. The summed E-state index contributed by atoms with van der Waals surface area (Å²) in [6, 6.07) is 0. The third kappa shape index (κ3) is 3.81. The fraction of sp³-hybridized carbons (Fsp3) is 1.00. The van der Waals surface area contributed by atoms with E-state index in [4.69, 9.17) is 0 Å². The topological polar surface area (TPSA) is 12.0 Å². The second-order valence-electron chi connectivity index (χ2n) is 4.94. The third-order valence-corrected chi connectivity index (χ3v) is 3.48. The van der Waals surface area contributed by atoms with E-state index in [0.29, 0.717) is 10.8 Å². The van der Waals surface area contributed by atoms with Crippen molar-refractivity contribution in [2.24, 2.45) is 5.41 Å². The molecule has 1 saturated heterocycles. The molecule has 2 atom stereocenters. The lowest BCUT2D eigenvalue weighted by atomic mass is 9.92. The van der Waals surface area contributed by atoms with Crippen LogP contribution in [0.15, 0.2) is 0 Å². The Hall–Kier alpha value is 0.310. The maximum absolute atomic E-state index is 3.57. The fourth-order valence-corrected chi connectivity index (χ4v) is 3.15. The monoisotopic (exact) mass is 187 g/mol. The Morgan fingerprint density at radius 1 is 1.42 bits per heavy atom. The van der Waals surface area contributed by atoms with Crippen LogP contribution in [-0.4, -0.2) is 17.2 Å². The van der Waals surface area contributed by atoms with Crippen molar-refractivity contribution in [1.82, 2.24) is 5.32 Å².